The molecule has 2 fully saturated rings. The van der Waals surface area contributed by atoms with E-state index in [1.165, 1.54) is 6.26 Å². The first-order valence-corrected chi connectivity index (χ1v) is 9.13. The second-order valence-electron chi connectivity index (χ2n) is 4.87. The van der Waals surface area contributed by atoms with Crippen molar-refractivity contribution < 1.29 is 13.2 Å². The molecule has 98 valence electrons. The minimum atomic E-state index is -3.02. The molecule has 0 aromatic rings. The number of hydrogen-bond donors (Lipinski definition) is 0. The molecular formula is C11H19NO3S2. The van der Waals surface area contributed by atoms with Crippen molar-refractivity contribution in [3.05, 3.63) is 0 Å². The molecule has 0 aromatic carbocycles. The topological polar surface area (TPSA) is 54.5 Å². The molecule has 4 nitrogen and oxygen atoms in total. The zero-order valence-corrected chi connectivity index (χ0v) is 11.7. The van der Waals surface area contributed by atoms with Crippen LogP contribution in [-0.4, -0.2) is 54.8 Å². The Balaban J connectivity index is 2.09. The predicted octanol–water partition coefficient (Wildman–Crippen LogP) is 0.918. The highest BCUT2D eigenvalue weighted by molar-refractivity contribution is 8.00. The van der Waals surface area contributed by atoms with Gasteiger partial charge in [0.15, 0.2) is 9.84 Å². The van der Waals surface area contributed by atoms with E-state index in [1.807, 2.05) is 0 Å². The Morgan fingerprint density at radius 1 is 1.29 bits per heavy atom. The first-order chi connectivity index (χ1) is 7.98. The van der Waals surface area contributed by atoms with Gasteiger partial charge in [0.25, 0.3) is 0 Å². The van der Waals surface area contributed by atoms with E-state index in [4.69, 9.17) is 0 Å². The van der Waals surface area contributed by atoms with Gasteiger partial charge in [-0.05, 0) is 12.8 Å². The Bertz CT molecular complexity index is 384. The molecule has 0 spiro atoms. The molecule has 1 heterocycles. The molecule has 1 aliphatic carbocycles. The zero-order valence-electron chi connectivity index (χ0n) is 10.1. The van der Waals surface area contributed by atoms with Crippen LogP contribution >= 0.6 is 11.8 Å². The van der Waals surface area contributed by atoms with Gasteiger partial charge in [0.2, 0.25) is 0 Å². The smallest absolute Gasteiger partial charge is 0.164 e. The van der Waals surface area contributed by atoms with E-state index < -0.39 is 9.84 Å². The van der Waals surface area contributed by atoms with Crippen LogP contribution in [0.25, 0.3) is 0 Å². The molecule has 0 amide bonds. The summed E-state index contributed by atoms with van der Waals surface area (Å²) in [5, 5.41) is -0.348. The molecule has 0 radical (unpaired) electrons. The molecule has 1 aliphatic heterocycles. The van der Waals surface area contributed by atoms with Crippen LogP contribution in [0.1, 0.15) is 25.7 Å². The van der Waals surface area contributed by atoms with Gasteiger partial charge in [-0.3, -0.25) is 9.69 Å². The predicted molar refractivity (Wildman–Crippen MR) is 69.9 cm³/mol. The number of nitrogens with zero attached hydrogens (tertiary/aromatic N) is 1. The summed E-state index contributed by atoms with van der Waals surface area (Å²) in [6.07, 6.45) is 4.21. The second-order valence-corrected chi connectivity index (χ2v) is 8.22. The maximum absolute atomic E-state index is 11.8. The van der Waals surface area contributed by atoms with Gasteiger partial charge in [-0.25, -0.2) is 8.42 Å². The van der Waals surface area contributed by atoms with Crippen molar-refractivity contribution in [3.63, 3.8) is 0 Å². The Morgan fingerprint density at radius 2 is 1.94 bits per heavy atom. The lowest BCUT2D eigenvalue weighted by molar-refractivity contribution is -0.121. The first kappa shape index (κ1) is 13.4. The summed E-state index contributed by atoms with van der Waals surface area (Å²) in [7, 11) is -3.02. The molecule has 1 saturated carbocycles. The summed E-state index contributed by atoms with van der Waals surface area (Å²) in [6.45, 7) is 0.835. The highest BCUT2D eigenvalue weighted by Gasteiger charge is 2.36. The van der Waals surface area contributed by atoms with E-state index in [0.717, 1.165) is 25.1 Å². The van der Waals surface area contributed by atoms with Crippen molar-refractivity contribution in [3.8, 4) is 0 Å². The zero-order chi connectivity index (χ0) is 12.5. The molecule has 0 aromatic heterocycles. The summed E-state index contributed by atoms with van der Waals surface area (Å²) in [4.78, 5) is 13.4. The third-order valence-corrected chi connectivity index (χ3v) is 6.26. The van der Waals surface area contributed by atoms with Crippen molar-refractivity contribution in [2.75, 3.05) is 24.3 Å². The van der Waals surface area contributed by atoms with Crippen LogP contribution in [0, 0.1) is 0 Å². The van der Waals surface area contributed by atoms with E-state index in [0.29, 0.717) is 24.4 Å². The van der Waals surface area contributed by atoms with Crippen molar-refractivity contribution >= 4 is 27.4 Å². The highest BCUT2D eigenvalue weighted by Crippen LogP contribution is 2.28. The number of thioether (sulfide) groups is 1. The van der Waals surface area contributed by atoms with Gasteiger partial charge in [0.05, 0.1) is 0 Å². The lowest BCUT2D eigenvalue weighted by Crippen LogP contribution is -2.52. The van der Waals surface area contributed by atoms with Crippen LogP contribution in [0.3, 0.4) is 0 Å². The Morgan fingerprint density at radius 3 is 2.53 bits per heavy atom. The second kappa shape index (κ2) is 5.28. The molecule has 1 atom stereocenters. The fourth-order valence-electron chi connectivity index (χ4n) is 2.64. The van der Waals surface area contributed by atoms with Gasteiger partial charge in [0.1, 0.15) is 11.2 Å². The quantitative estimate of drug-likeness (QED) is 0.751. The number of ketones is 1. The van der Waals surface area contributed by atoms with E-state index in [-0.39, 0.29) is 11.4 Å². The third-order valence-electron chi connectivity index (χ3n) is 3.60. The van der Waals surface area contributed by atoms with Crippen LogP contribution < -0.4 is 0 Å². The Kier molecular flexibility index (Phi) is 4.15. The SMILES string of the molecule is CS(=O)(=O)C1CSCCN1C1CCC(=O)CC1. The molecule has 6 heteroatoms. The van der Waals surface area contributed by atoms with Gasteiger partial charge in [-0.2, -0.15) is 11.8 Å². The lowest BCUT2D eigenvalue weighted by Gasteiger charge is -2.41. The molecule has 0 N–H and O–H groups in total. The summed E-state index contributed by atoms with van der Waals surface area (Å²) < 4.78 is 23.6. The van der Waals surface area contributed by atoms with E-state index >= 15 is 0 Å². The number of carbonyl (C=O) groups is 1. The van der Waals surface area contributed by atoms with Gasteiger partial charge in [-0.1, -0.05) is 0 Å². The van der Waals surface area contributed by atoms with E-state index in [2.05, 4.69) is 4.90 Å². The average molecular weight is 277 g/mol. The van der Waals surface area contributed by atoms with Crippen molar-refractivity contribution in [2.45, 2.75) is 37.1 Å². The molecular weight excluding hydrogens is 258 g/mol. The standard InChI is InChI=1S/C11H19NO3S2/c1-17(14,15)11-8-16-7-6-12(11)9-2-4-10(13)5-3-9/h9,11H,2-8H2,1H3. The summed E-state index contributed by atoms with van der Waals surface area (Å²) in [6, 6.07) is 0.285. The minimum absolute atomic E-state index is 0.285. The molecule has 1 saturated heterocycles. The molecule has 1 unspecified atom stereocenters. The minimum Gasteiger partial charge on any atom is -0.300 e. The lowest BCUT2D eigenvalue weighted by atomic mass is 9.93. The van der Waals surface area contributed by atoms with Crippen LogP contribution in [0.2, 0.25) is 0 Å². The Labute approximate surface area is 107 Å². The fourth-order valence-corrected chi connectivity index (χ4v) is 5.58. The first-order valence-electron chi connectivity index (χ1n) is 6.02. The van der Waals surface area contributed by atoms with Gasteiger partial charge in [0, 0.05) is 43.2 Å². The van der Waals surface area contributed by atoms with Crippen LogP contribution in [0.5, 0.6) is 0 Å². The number of rotatable bonds is 2. The summed E-state index contributed by atoms with van der Waals surface area (Å²) in [5.74, 6) is 1.99. The Hall–Kier alpha value is -0.0700. The third kappa shape index (κ3) is 3.23. The monoisotopic (exact) mass is 277 g/mol. The number of carbonyl (C=O) groups excluding carboxylic acids is 1. The summed E-state index contributed by atoms with van der Waals surface area (Å²) in [5.41, 5.74) is 0. The van der Waals surface area contributed by atoms with Crippen LogP contribution in [0.4, 0.5) is 0 Å². The van der Waals surface area contributed by atoms with Crippen molar-refractivity contribution in [1.29, 1.82) is 0 Å². The van der Waals surface area contributed by atoms with Crippen LogP contribution in [-0.2, 0) is 14.6 Å². The largest absolute Gasteiger partial charge is 0.300 e. The average Bonchev–Trinajstić information content (AvgIpc) is 2.29. The van der Waals surface area contributed by atoms with E-state index in [9.17, 15) is 13.2 Å². The van der Waals surface area contributed by atoms with Gasteiger partial charge in [-0.15, -0.1) is 0 Å². The maximum atomic E-state index is 11.8. The van der Waals surface area contributed by atoms with E-state index in [1.54, 1.807) is 11.8 Å². The fraction of sp³-hybridized carbons (Fsp3) is 0.909. The number of Topliss-reactive ketones (excluding diaryl/α,β-unsaturated/α-hetero) is 1. The molecule has 0 bridgehead atoms. The van der Waals surface area contributed by atoms with Crippen molar-refractivity contribution in [1.82, 2.24) is 4.90 Å². The van der Waals surface area contributed by atoms with Crippen molar-refractivity contribution in [2.24, 2.45) is 0 Å². The maximum Gasteiger partial charge on any atom is 0.164 e. The van der Waals surface area contributed by atoms with Gasteiger partial charge >= 0.3 is 0 Å². The van der Waals surface area contributed by atoms with Gasteiger partial charge < -0.3 is 0 Å². The summed E-state index contributed by atoms with van der Waals surface area (Å²) >= 11 is 1.71. The number of hydrogen-bond acceptors (Lipinski definition) is 5. The molecule has 17 heavy (non-hydrogen) atoms. The molecule has 2 rings (SSSR count). The highest BCUT2D eigenvalue weighted by atomic mass is 32.2. The normalized spacial score (nSPS) is 29.5. The van der Waals surface area contributed by atoms with Crippen LogP contribution in [0.15, 0.2) is 0 Å². The molecule has 2 aliphatic rings. The number of sulfone groups is 1.